The van der Waals surface area contributed by atoms with E-state index in [9.17, 15) is 13.2 Å². The molecule has 5 rings (SSSR count). The van der Waals surface area contributed by atoms with E-state index in [0.29, 0.717) is 24.5 Å². The average Bonchev–Trinajstić information content (AvgIpc) is 3.42. The Morgan fingerprint density at radius 2 is 1.77 bits per heavy atom. The molecule has 9 heteroatoms. The summed E-state index contributed by atoms with van der Waals surface area (Å²) in [5.74, 6) is 0.339. The van der Waals surface area contributed by atoms with Crippen molar-refractivity contribution in [3.63, 3.8) is 0 Å². The maximum absolute atomic E-state index is 13.8. The Labute approximate surface area is 169 Å². The molecule has 0 aliphatic carbocycles. The molecule has 0 bridgehead atoms. The van der Waals surface area contributed by atoms with Crippen LogP contribution in [0.2, 0.25) is 0 Å². The minimum Gasteiger partial charge on any atom is -0.371 e. The lowest BCUT2D eigenvalue weighted by molar-refractivity contribution is -0.137. The highest BCUT2D eigenvalue weighted by atomic mass is 19.4. The second-order valence-electron chi connectivity index (χ2n) is 7.33. The lowest BCUT2D eigenvalue weighted by atomic mass is 10.0. The van der Waals surface area contributed by atoms with Crippen LogP contribution in [0.25, 0.3) is 33.9 Å². The molecule has 2 aromatic heterocycles. The maximum Gasteiger partial charge on any atom is 0.418 e. The molecule has 1 aliphatic heterocycles. The molecule has 3 heterocycles. The molecule has 154 valence electrons. The molecule has 0 atom stereocenters. The van der Waals surface area contributed by atoms with Crippen molar-refractivity contribution in [1.29, 1.82) is 0 Å². The summed E-state index contributed by atoms with van der Waals surface area (Å²) in [6.07, 6.45) is -0.0567. The molecule has 2 aromatic carbocycles. The first-order chi connectivity index (χ1) is 14.5. The molecule has 4 aromatic rings. The van der Waals surface area contributed by atoms with Crippen molar-refractivity contribution in [1.82, 2.24) is 20.1 Å². The number of halogens is 3. The Bertz CT molecular complexity index is 1190. The van der Waals surface area contributed by atoms with E-state index in [0.717, 1.165) is 36.4 Å². The van der Waals surface area contributed by atoms with Crippen molar-refractivity contribution < 1.29 is 17.7 Å². The first-order valence-corrected chi connectivity index (χ1v) is 9.73. The topological polar surface area (TPSA) is 70.8 Å². The number of hydrogen-bond acceptors (Lipinski definition) is 5. The predicted octanol–water partition coefficient (Wildman–Crippen LogP) is 5.29. The number of H-pyrrole nitrogens is 1. The van der Waals surface area contributed by atoms with Gasteiger partial charge in [-0.3, -0.25) is 0 Å². The van der Waals surface area contributed by atoms with E-state index >= 15 is 0 Å². The van der Waals surface area contributed by atoms with Crippen molar-refractivity contribution in [2.75, 3.05) is 18.0 Å². The van der Waals surface area contributed by atoms with Gasteiger partial charge >= 0.3 is 6.18 Å². The van der Waals surface area contributed by atoms with Gasteiger partial charge in [0.05, 0.1) is 22.9 Å². The van der Waals surface area contributed by atoms with Crippen LogP contribution in [0.5, 0.6) is 0 Å². The van der Waals surface area contributed by atoms with Gasteiger partial charge in [0.25, 0.3) is 5.89 Å². The highest BCUT2D eigenvalue weighted by molar-refractivity contribution is 5.80. The molecule has 1 N–H and O–H groups in total. The maximum atomic E-state index is 13.8. The van der Waals surface area contributed by atoms with Gasteiger partial charge in [0.2, 0.25) is 5.82 Å². The number of imidazole rings is 1. The van der Waals surface area contributed by atoms with Gasteiger partial charge in [-0.1, -0.05) is 5.16 Å². The van der Waals surface area contributed by atoms with E-state index in [1.165, 1.54) is 6.07 Å². The molecular weight excluding hydrogens is 395 g/mol. The molecule has 1 fully saturated rings. The van der Waals surface area contributed by atoms with Crippen LogP contribution >= 0.6 is 0 Å². The van der Waals surface area contributed by atoms with Crippen LogP contribution in [0.4, 0.5) is 18.9 Å². The van der Waals surface area contributed by atoms with E-state index in [4.69, 9.17) is 4.52 Å². The largest absolute Gasteiger partial charge is 0.418 e. The Hall–Kier alpha value is -3.36. The fourth-order valence-corrected chi connectivity index (χ4v) is 3.84. The number of nitrogens with zero attached hydrogens (tertiary/aromatic N) is 4. The van der Waals surface area contributed by atoms with Gasteiger partial charge in [-0.15, -0.1) is 0 Å². The standard InChI is InChI=1S/C21H18F3N5O/c22-21(23,24)15-10-14(5-7-18(15)29-8-2-1-3-9-29)20-27-19(28-30-20)13-4-6-16-17(11-13)26-12-25-16/h4-7,10-12H,1-3,8-9H2,(H,25,26). The van der Waals surface area contributed by atoms with Crippen LogP contribution in [-0.2, 0) is 6.18 Å². The van der Waals surface area contributed by atoms with Crippen LogP contribution in [0.1, 0.15) is 24.8 Å². The van der Waals surface area contributed by atoms with Gasteiger partial charge in [-0.2, -0.15) is 18.2 Å². The summed E-state index contributed by atoms with van der Waals surface area (Å²) in [5, 5.41) is 3.94. The van der Waals surface area contributed by atoms with Crippen molar-refractivity contribution in [2.24, 2.45) is 0 Å². The van der Waals surface area contributed by atoms with Gasteiger partial charge in [-0.25, -0.2) is 4.98 Å². The van der Waals surface area contributed by atoms with Crippen LogP contribution in [-0.4, -0.2) is 33.2 Å². The van der Waals surface area contributed by atoms with Crippen molar-refractivity contribution in [3.05, 3.63) is 48.3 Å². The smallest absolute Gasteiger partial charge is 0.371 e. The Balaban J connectivity index is 1.51. The molecule has 30 heavy (non-hydrogen) atoms. The number of piperidine rings is 1. The number of hydrogen-bond donors (Lipinski definition) is 1. The normalized spacial score (nSPS) is 15.1. The average molecular weight is 413 g/mol. The quantitative estimate of drug-likeness (QED) is 0.494. The second kappa shape index (κ2) is 7.16. The van der Waals surface area contributed by atoms with Crippen LogP contribution < -0.4 is 4.90 Å². The number of aromatic nitrogens is 4. The number of aromatic amines is 1. The molecule has 0 radical (unpaired) electrons. The van der Waals surface area contributed by atoms with Gasteiger partial charge < -0.3 is 14.4 Å². The fourth-order valence-electron chi connectivity index (χ4n) is 3.84. The Morgan fingerprint density at radius 1 is 0.967 bits per heavy atom. The third-order valence-corrected chi connectivity index (χ3v) is 5.35. The van der Waals surface area contributed by atoms with Crippen molar-refractivity contribution >= 4 is 16.7 Å². The van der Waals surface area contributed by atoms with E-state index in [2.05, 4.69) is 20.1 Å². The molecule has 0 unspecified atom stereocenters. The Morgan fingerprint density at radius 3 is 2.57 bits per heavy atom. The summed E-state index contributed by atoms with van der Waals surface area (Å²) >= 11 is 0. The van der Waals surface area contributed by atoms with Crippen LogP contribution in [0, 0.1) is 0 Å². The molecular formula is C21H18F3N5O. The summed E-state index contributed by atoms with van der Waals surface area (Å²) in [4.78, 5) is 13.3. The number of anilines is 1. The number of fused-ring (bicyclic) bond motifs is 1. The minimum atomic E-state index is -4.48. The number of nitrogens with one attached hydrogen (secondary N) is 1. The number of rotatable bonds is 3. The van der Waals surface area contributed by atoms with E-state index in [1.54, 1.807) is 29.4 Å². The summed E-state index contributed by atoms with van der Waals surface area (Å²) in [6.45, 7) is 1.26. The van der Waals surface area contributed by atoms with Gasteiger partial charge in [-0.05, 0) is 55.7 Å². The minimum absolute atomic E-state index is 0.0443. The van der Waals surface area contributed by atoms with E-state index in [-0.39, 0.29) is 17.1 Å². The zero-order valence-electron chi connectivity index (χ0n) is 15.9. The van der Waals surface area contributed by atoms with Gasteiger partial charge in [0.15, 0.2) is 0 Å². The van der Waals surface area contributed by atoms with Crippen molar-refractivity contribution in [3.8, 4) is 22.8 Å². The summed E-state index contributed by atoms with van der Waals surface area (Å²) < 4.78 is 46.6. The third-order valence-electron chi connectivity index (χ3n) is 5.35. The molecule has 6 nitrogen and oxygen atoms in total. The fraction of sp³-hybridized carbons (Fsp3) is 0.286. The molecule has 0 saturated carbocycles. The SMILES string of the molecule is FC(F)(F)c1cc(-c2nc(-c3ccc4[nH]cnc4c3)no2)ccc1N1CCCCC1. The molecule has 1 aliphatic rings. The third kappa shape index (κ3) is 3.40. The second-order valence-corrected chi connectivity index (χ2v) is 7.33. The van der Waals surface area contributed by atoms with E-state index in [1.807, 2.05) is 6.07 Å². The molecule has 1 saturated heterocycles. The highest BCUT2D eigenvalue weighted by Crippen LogP contribution is 2.40. The monoisotopic (exact) mass is 413 g/mol. The van der Waals surface area contributed by atoms with Gasteiger partial charge in [0.1, 0.15) is 0 Å². The van der Waals surface area contributed by atoms with Gasteiger partial charge in [0, 0.05) is 29.9 Å². The Kier molecular flexibility index (Phi) is 4.45. The first-order valence-electron chi connectivity index (χ1n) is 9.73. The zero-order chi connectivity index (χ0) is 20.7. The zero-order valence-corrected chi connectivity index (χ0v) is 15.9. The van der Waals surface area contributed by atoms with E-state index < -0.39 is 11.7 Å². The molecule has 0 spiro atoms. The summed E-state index contributed by atoms with van der Waals surface area (Å²) in [5.41, 5.74) is 2.04. The predicted molar refractivity (Wildman–Crippen MR) is 106 cm³/mol. The lowest BCUT2D eigenvalue weighted by Gasteiger charge is -2.31. The summed E-state index contributed by atoms with van der Waals surface area (Å²) in [7, 11) is 0. The van der Waals surface area contributed by atoms with Crippen LogP contribution in [0.15, 0.2) is 47.2 Å². The van der Waals surface area contributed by atoms with Crippen LogP contribution in [0.3, 0.4) is 0 Å². The first kappa shape index (κ1) is 18.7. The number of benzene rings is 2. The lowest BCUT2D eigenvalue weighted by Crippen LogP contribution is -2.31. The summed E-state index contributed by atoms with van der Waals surface area (Å²) in [6, 6.07) is 9.63. The number of alkyl halides is 3. The highest BCUT2D eigenvalue weighted by Gasteiger charge is 2.36. The molecule has 0 amide bonds. The van der Waals surface area contributed by atoms with Crippen molar-refractivity contribution in [2.45, 2.75) is 25.4 Å².